The molecule has 7 nitrogen and oxygen atoms in total. The summed E-state index contributed by atoms with van der Waals surface area (Å²) in [4.78, 5) is 23.4. The van der Waals surface area contributed by atoms with Gasteiger partial charge in [-0.2, -0.15) is 0 Å². The zero-order valence-electron chi connectivity index (χ0n) is 11.3. The molecule has 1 saturated heterocycles. The van der Waals surface area contributed by atoms with E-state index in [1.165, 1.54) is 31.3 Å². The fraction of sp³-hybridized carbons (Fsp3) is 0.667. The molecule has 0 aromatic rings. The second kappa shape index (κ2) is 7.22. The molecule has 19 heavy (non-hydrogen) atoms. The second-order valence-electron chi connectivity index (χ2n) is 4.15. The number of ether oxygens (including phenoxy) is 2. The lowest BCUT2D eigenvalue weighted by atomic mass is 10.1. The van der Waals surface area contributed by atoms with Crippen LogP contribution in [0.3, 0.4) is 0 Å². The molecule has 0 aliphatic carbocycles. The van der Waals surface area contributed by atoms with Crippen molar-refractivity contribution in [1.82, 2.24) is 10.2 Å². The number of carbonyl (C=O) groups is 2. The average molecular weight is 272 g/mol. The number of hydrogen-bond donors (Lipinski definition) is 2. The Hall–Kier alpha value is -1.44. The monoisotopic (exact) mass is 272 g/mol. The topological polar surface area (TPSA) is 88.1 Å². The van der Waals surface area contributed by atoms with E-state index in [1.807, 2.05) is 6.92 Å². The molecule has 0 aromatic heterocycles. The first-order chi connectivity index (χ1) is 9.08. The van der Waals surface area contributed by atoms with Gasteiger partial charge in [0.15, 0.2) is 6.23 Å². The van der Waals surface area contributed by atoms with Crippen molar-refractivity contribution in [2.24, 2.45) is 0 Å². The molecule has 108 valence electrons. The molecule has 2 amide bonds. The highest BCUT2D eigenvalue weighted by atomic mass is 16.6. The summed E-state index contributed by atoms with van der Waals surface area (Å²) in [5, 5.41) is 12.4. The van der Waals surface area contributed by atoms with Crippen molar-refractivity contribution in [2.45, 2.75) is 37.9 Å². The molecule has 2 N–H and O–H groups in total. The van der Waals surface area contributed by atoms with E-state index in [0.717, 1.165) is 0 Å². The maximum absolute atomic E-state index is 11.1. The van der Waals surface area contributed by atoms with Crippen LogP contribution in [0, 0.1) is 0 Å². The smallest absolute Gasteiger partial charge is 0.245 e. The minimum Gasteiger partial charge on any atom is -0.388 e. The normalized spacial score (nSPS) is 30.5. The molecule has 4 unspecified atom stereocenters. The van der Waals surface area contributed by atoms with Crippen LogP contribution in [0.25, 0.3) is 0 Å². The number of hydrogen-bond acceptors (Lipinski definition) is 5. The van der Waals surface area contributed by atoms with Crippen LogP contribution >= 0.6 is 0 Å². The van der Waals surface area contributed by atoms with E-state index in [4.69, 9.17) is 9.47 Å². The molecule has 1 fully saturated rings. The Morgan fingerprint density at radius 2 is 2.26 bits per heavy atom. The Balaban J connectivity index is 2.82. The highest BCUT2D eigenvalue weighted by molar-refractivity contribution is 5.87. The maximum atomic E-state index is 11.1. The van der Waals surface area contributed by atoms with Crippen molar-refractivity contribution in [3.05, 3.63) is 12.3 Å². The zero-order chi connectivity index (χ0) is 14.4. The number of likely N-dealkylation sites (N-methyl/N-ethyl adjacent to an activating group) is 1. The highest BCUT2D eigenvalue weighted by Gasteiger charge is 2.45. The number of carbonyl (C=O) groups excluding carboxylic acids is 2. The third-order valence-corrected chi connectivity index (χ3v) is 3.05. The van der Waals surface area contributed by atoms with Gasteiger partial charge in [0.2, 0.25) is 12.3 Å². The lowest BCUT2D eigenvalue weighted by Crippen LogP contribution is -2.42. The number of aliphatic hydroxyl groups is 1. The Labute approximate surface area is 112 Å². The lowest BCUT2D eigenvalue weighted by molar-refractivity contribution is -0.133. The van der Waals surface area contributed by atoms with Gasteiger partial charge in [0, 0.05) is 26.4 Å². The first kappa shape index (κ1) is 15.6. The van der Waals surface area contributed by atoms with Crippen molar-refractivity contribution in [3.8, 4) is 0 Å². The third-order valence-electron chi connectivity index (χ3n) is 3.05. The quantitative estimate of drug-likeness (QED) is 0.489. The van der Waals surface area contributed by atoms with Crippen LogP contribution in [0.4, 0.5) is 0 Å². The molecule has 1 aliphatic heterocycles. The van der Waals surface area contributed by atoms with Gasteiger partial charge in [-0.25, -0.2) is 0 Å². The summed E-state index contributed by atoms with van der Waals surface area (Å²) in [6.45, 7) is 1.87. The van der Waals surface area contributed by atoms with Gasteiger partial charge >= 0.3 is 0 Å². The van der Waals surface area contributed by atoms with Crippen LogP contribution in [-0.4, -0.2) is 61.0 Å². The summed E-state index contributed by atoms with van der Waals surface area (Å²) in [5.41, 5.74) is 0. The maximum Gasteiger partial charge on any atom is 0.245 e. The Kier molecular flexibility index (Phi) is 5.94. The van der Waals surface area contributed by atoms with Gasteiger partial charge < -0.3 is 19.9 Å². The summed E-state index contributed by atoms with van der Waals surface area (Å²) in [5.74, 6) is -0.341. The summed E-state index contributed by atoms with van der Waals surface area (Å²) < 4.78 is 10.8. The number of amides is 2. The third kappa shape index (κ3) is 3.52. The van der Waals surface area contributed by atoms with Crippen LogP contribution in [0.5, 0.6) is 0 Å². The molecule has 0 bridgehead atoms. The SMILES string of the molecule is CCC1OC(N(C=O)/C=C\C(=O)NC)C(OC)C1O. The van der Waals surface area contributed by atoms with Crippen LogP contribution in [0.2, 0.25) is 0 Å². The van der Waals surface area contributed by atoms with Crippen molar-refractivity contribution < 1.29 is 24.2 Å². The van der Waals surface area contributed by atoms with Gasteiger partial charge in [-0.1, -0.05) is 6.92 Å². The number of nitrogens with one attached hydrogen (secondary N) is 1. The molecule has 1 aliphatic rings. The van der Waals surface area contributed by atoms with E-state index in [-0.39, 0.29) is 5.91 Å². The molecular weight excluding hydrogens is 252 g/mol. The minimum atomic E-state index is -0.809. The Morgan fingerprint density at radius 1 is 1.58 bits per heavy atom. The number of nitrogens with zero attached hydrogens (tertiary/aromatic N) is 1. The average Bonchev–Trinajstić information content (AvgIpc) is 2.75. The molecule has 7 heteroatoms. The lowest BCUT2D eigenvalue weighted by Gasteiger charge is -2.25. The standard InChI is InChI=1S/C12H20N2O5/c1-4-8-10(17)11(18-3)12(19-8)14(7-15)6-5-9(16)13-2/h5-8,10-12,17H,4H2,1-3H3,(H,13,16)/b6-5-. The second-order valence-corrected chi connectivity index (χ2v) is 4.15. The largest absolute Gasteiger partial charge is 0.388 e. The minimum absolute atomic E-state index is 0.341. The molecule has 0 radical (unpaired) electrons. The van der Waals surface area contributed by atoms with Gasteiger partial charge in [-0.3, -0.25) is 14.5 Å². The van der Waals surface area contributed by atoms with Gasteiger partial charge in [-0.05, 0) is 6.42 Å². The molecule has 0 saturated carbocycles. The van der Waals surface area contributed by atoms with Crippen molar-refractivity contribution >= 4 is 12.3 Å². The number of aliphatic hydroxyl groups excluding tert-OH is 1. The van der Waals surface area contributed by atoms with Gasteiger partial charge in [0.25, 0.3) is 0 Å². The Bertz CT molecular complexity index is 347. The molecule has 1 rings (SSSR count). The fourth-order valence-electron chi connectivity index (χ4n) is 1.97. The van der Waals surface area contributed by atoms with E-state index < -0.39 is 24.5 Å². The number of rotatable bonds is 6. The first-order valence-corrected chi connectivity index (χ1v) is 6.08. The summed E-state index contributed by atoms with van der Waals surface area (Å²) in [6.07, 6.45) is 1.03. The predicted molar refractivity (Wildman–Crippen MR) is 66.9 cm³/mol. The van der Waals surface area contributed by atoms with E-state index in [2.05, 4.69) is 5.32 Å². The van der Waals surface area contributed by atoms with E-state index in [9.17, 15) is 14.7 Å². The molecule has 4 atom stereocenters. The van der Waals surface area contributed by atoms with Crippen LogP contribution in [0.15, 0.2) is 12.3 Å². The summed E-state index contributed by atoms with van der Waals surface area (Å²) in [6, 6.07) is 0. The summed E-state index contributed by atoms with van der Waals surface area (Å²) in [7, 11) is 2.92. The highest BCUT2D eigenvalue weighted by Crippen LogP contribution is 2.27. The van der Waals surface area contributed by atoms with Crippen LogP contribution in [0.1, 0.15) is 13.3 Å². The van der Waals surface area contributed by atoms with E-state index in [0.29, 0.717) is 12.8 Å². The molecule has 0 spiro atoms. The molecule has 0 aromatic carbocycles. The van der Waals surface area contributed by atoms with Gasteiger partial charge in [-0.15, -0.1) is 0 Å². The molecule has 1 heterocycles. The van der Waals surface area contributed by atoms with Gasteiger partial charge in [0.1, 0.15) is 12.2 Å². The van der Waals surface area contributed by atoms with E-state index >= 15 is 0 Å². The van der Waals surface area contributed by atoms with E-state index in [1.54, 1.807) is 0 Å². The molecular formula is C12H20N2O5. The van der Waals surface area contributed by atoms with Crippen molar-refractivity contribution in [2.75, 3.05) is 14.2 Å². The number of methoxy groups -OCH3 is 1. The van der Waals surface area contributed by atoms with Crippen LogP contribution in [-0.2, 0) is 19.1 Å². The fourth-order valence-corrected chi connectivity index (χ4v) is 1.97. The summed E-state index contributed by atoms with van der Waals surface area (Å²) >= 11 is 0. The van der Waals surface area contributed by atoms with Crippen LogP contribution < -0.4 is 5.32 Å². The zero-order valence-corrected chi connectivity index (χ0v) is 11.3. The van der Waals surface area contributed by atoms with Crippen molar-refractivity contribution in [3.63, 3.8) is 0 Å². The Morgan fingerprint density at radius 3 is 2.74 bits per heavy atom. The predicted octanol–water partition coefficient (Wildman–Crippen LogP) is -0.785. The first-order valence-electron chi connectivity index (χ1n) is 6.08. The van der Waals surface area contributed by atoms with Gasteiger partial charge in [0.05, 0.1) is 6.10 Å². The van der Waals surface area contributed by atoms with Crippen molar-refractivity contribution in [1.29, 1.82) is 0 Å².